The van der Waals surface area contributed by atoms with Gasteiger partial charge in [0.05, 0.1) is 7.11 Å². The highest BCUT2D eigenvalue weighted by Gasteiger charge is 2.24. The quantitative estimate of drug-likeness (QED) is 0.594. The van der Waals surface area contributed by atoms with Gasteiger partial charge >= 0.3 is 13.7 Å². The lowest BCUT2D eigenvalue weighted by Gasteiger charge is -2.12. The monoisotopic (exact) mass is 313 g/mol. The molecule has 1 unspecified atom stereocenters. The summed E-state index contributed by atoms with van der Waals surface area (Å²) in [6.07, 6.45) is 1.84. The van der Waals surface area contributed by atoms with Crippen molar-refractivity contribution in [1.82, 2.24) is 4.98 Å². The molecular formula is C12H16N3O5P. The largest absolute Gasteiger partial charge is 0.497 e. The summed E-state index contributed by atoms with van der Waals surface area (Å²) < 4.78 is 20.2. The van der Waals surface area contributed by atoms with Crippen LogP contribution in [0, 0.1) is 0 Å². The smallest absolute Gasteiger partial charge is 0.455 e. The zero-order chi connectivity index (χ0) is 15.6. The Balaban J connectivity index is 2.19. The van der Waals surface area contributed by atoms with Gasteiger partial charge in [0.25, 0.3) is 0 Å². The van der Waals surface area contributed by atoms with Gasteiger partial charge in [0, 0.05) is 23.5 Å². The number of nitrogens with one attached hydrogen (secondary N) is 1. The Hall–Kier alpha value is -1.86. The van der Waals surface area contributed by atoms with E-state index >= 15 is 0 Å². The fraction of sp³-hybridized carbons (Fsp3) is 0.250. The molecule has 0 saturated heterocycles. The van der Waals surface area contributed by atoms with E-state index in [1.54, 1.807) is 25.4 Å². The minimum Gasteiger partial charge on any atom is -0.497 e. The third kappa shape index (κ3) is 3.83. The van der Waals surface area contributed by atoms with Gasteiger partial charge in [-0.3, -0.25) is 0 Å². The van der Waals surface area contributed by atoms with Gasteiger partial charge in [0.1, 0.15) is 11.8 Å². The first-order valence-electron chi connectivity index (χ1n) is 6.04. The molecule has 0 fully saturated rings. The van der Waals surface area contributed by atoms with E-state index in [-0.39, 0.29) is 6.42 Å². The second-order valence-electron chi connectivity index (χ2n) is 4.51. The van der Waals surface area contributed by atoms with E-state index in [0.29, 0.717) is 5.75 Å². The van der Waals surface area contributed by atoms with Crippen LogP contribution in [0.4, 0.5) is 0 Å². The van der Waals surface area contributed by atoms with E-state index in [2.05, 4.69) is 9.51 Å². The van der Waals surface area contributed by atoms with Crippen LogP contribution in [0.25, 0.3) is 10.9 Å². The van der Waals surface area contributed by atoms with Crippen LogP contribution in [0.15, 0.2) is 24.4 Å². The Morgan fingerprint density at radius 2 is 2.24 bits per heavy atom. The van der Waals surface area contributed by atoms with E-state index in [4.69, 9.17) is 20.9 Å². The molecule has 8 nitrogen and oxygen atoms in total. The maximum atomic E-state index is 11.5. The van der Waals surface area contributed by atoms with Gasteiger partial charge in [-0.05, 0) is 23.8 Å². The molecule has 21 heavy (non-hydrogen) atoms. The number of rotatable bonds is 5. The molecule has 6 N–H and O–H groups in total. The lowest BCUT2D eigenvalue weighted by atomic mass is 10.1. The zero-order valence-corrected chi connectivity index (χ0v) is 12.2. The zero-order valence-electron chi connectivity index (χ0n) is 11.3. The first-order valence-corrected chi connectivity index (χ1v) is 7.69. The first kappa shape index (κ1) is 15.5. The highest BCUT2D eigenvalue weighted by Crippen LogP contribution is 2.32. The summed E-state index contributed by atoms with van der Waals surface area (Å²) in [5.41, 5.74) is 12.1. The van der Waals surface area contributed by atoms with Crippen LogP contribution in [0.2, 0.25) is 0 Å². The fourth-order valence-corrected chi connectivity index (χ4v) is 2.36. The summed E-state index contributed by atoms with van der Waals surface area (Å²) in [6, 6.07) is 4.34. The second kappa shape index (κ2) is 5.87. The molecule has 0 bridgehead atoms. The number of benzene rings is 1. The Bertz CT molecular complexity index is 708. The number of methoxy groups -OCH3 is 1. The van der Waals surface area contributed by atoms with Crippen LogP contribution in [0.3, 0.4) is 0 Å². The molecule has 1 heterocycles. The Kier molecular flexibility index (Phi) is 4.34. The number of hydrogen-bond acceptors (Lipinski definition) is 5. The molecule has 1 aromatic carbocycles. The summed E-state index contributed by atoms with van der Waals surface area (Å²) in [5, 5.41) is 0.845. The molecular weight excluding hydrogens is 297 g/mol. The number of carbonyl (C=O) groups excluding carboxylic acids is 1. The van der Waals surface area contributed by atoms with E-state index < -0.39 is 19.8 Å². The second-order valence-corrected chi connectivity index (χ2v) is 5.82. The Morgan fingerprint density at radius 3 is 2.86 bits per heavy atom. The van der Waals surface area contributed by atoms with Gasteiger partial charge < -0.3 is 24.9 Å². The summed E-state index contributed by atoms with van der Waals surface area (Å²) >= 11 is 0. The Morgan fingerprint density at radius 1 is 1.52 bits per heavy atom. The average molecular weight is 313 g/mol. The van der Waals surface area contributed by atoms with Crippen LogP contribution in [0.5, 0.6) is 5.75 Å². The predicted octanol–water partition coefficient (Wildman–Crippen LogP) is 0.649. The maximum Gasteiger partial charge on any atom is 0.455 e. The SMILES string of the molecule is COc1ccc2[nH]cc(C[C@@H](N)C(=O)OP(N)(=O)O)c2c1. The minimum absolute atomic E-state index is 0.131. The molecule has 0 amide bonds. The highest BCUT2D eigenvalue weighted by molar-refractivity contribution is 7.50. The number of aromatic amines is 1. The number of ether oxygens (including phenoxy) is 1. The van der Waals surface area contributed by atoms with E-state index in [0.717, 1.165) is 16.5 Å². The van der Waals surface area contributed by atoms with Crippen molar-refractivity contribution in [1.29, 1.82) is 0 Å². The van der Waals surface area contributed by atoms with Crippen molar-refractivity contribution in [3.8, 4) is 5.75 Å². The lowest BCUT2D eigenvalue weighted by Crippen LogP contribution is -2.34. The van der Waals surface area contributed by atoms with Crippen molar-refractivity contribution in [3.05, 3.63) is 30.0 Å². The van der Waals surface area contributed by atoms with Crippen LogP contribution < -0.4 is 16.0 Å². The summed E-state index contributed by atoms with van der Waals surface area (Å²) in [5.74, 6) is -0.359. The minimum atomic E-state index is -4.38. The third-order valence-electron chi connectivity index (χ3n) is 2.94. The van der Waals surface area contributed by atoms with Gasteiger partial charge in [-0.15, -0.1) is 0 Å². The van der Waals surface area contributed by atoms with Crippen molar-refractivity contribution >= 4 is 24.6 Å². The van der Waals surface area contributed by atoms with Crippen molar-refractivity contribution < 1.29 is 23.5 Å². The Labute approximate surface area is 120 Å². The van der Waals surface area contributed by atoms with Crippen molar-refractivity contribution in [3.63, 3.8) is 0 Å². The molecule has 9 heteroatoms. The molecule has 0 aliphatic carbocycles. The molecule has 0 aliphatic heterocycles. The number of nitrogens with two attached hydrogens (primary N) is 2. The van der Waals surface area contributed by atoms with E-state index in [1.807, 2.05) is 6.07 Å². The summed E-state index contributed by atoms with van der Waals surface area (Å²) in [4.78, 5) is 23.4. The normalized spacial score (nSPS) is 15.4. The molecule has 0 aliphatic rings. The van der Waals surface area contributed by atoms with Gasteiger partial charge in [0.15, 0.2) is 0 Å². The highest BCUT2D eigenvalue weighted by atomic mass is 31.2. The number of aromatic nitrogens is 1. The fourth-order valence-electron chi connectivity index (χ4n) is 1.97. The van der Waals surface area contributed by atoms with Crippen LogP contribution in [-0.4, -0.2) is 29.0 Å². The number of hydrogen-bond donors (Lipinski definition) is 4. The molecule has 0 saturated carbocycles. The van der Waals surface area contributed by atoms with Crippen molar-refractivity contribution in [2.45, 2.75) is 12.5 Å². The van der Waals surface area contributed by atoms with Crippen molar-refractivity contribution in [2.24, 2.45) is 11.2 Å². The summed E-state index contributed by atoms with van der Waals surface area (Å²) in [7, 11) is -2.83. The number of fused-ring (bicyclic) bond motifs is 1. The predicted molar refractivity (Wildman–Crippen MR) is 76.6 cm³/mol. The van der Waals surface area contributed by atoms with Crippen molar-refractivity contribution in [2.75, 3.05) is 7.11 Å². The number of H-pyrrole nitrogens is 1. The van der Waals surface area contributed by atoms with Crippen LogP contribution in [-0.2, 0) is 20.3 Å². The van der Waals surface area contributed by atoms with Gasteiger partial charge in [-0.25, -0.2) is 14.9 Å². The standard InChI is InChI=1S/C12H16N3O5P/c1-19-8-2-3-11-9(5-8)7(6-15-11)4-10(13)12(16)20-21(14,17)18/h2-3,5-6,10,15H,4,13H2,1H3,(H3,14,17,18)/t10-/m1/s1. The first-order chi connectivity index (χ1) is 9.80. The molecule has 114 valence electrons. The average Bonchev–Trinajstić information content (AvgIpc) is 2.79. The van der Waals surface area contributed by atoms with Gasteiger partial charge in [-0.1, -0.05) is 0 Å². The van der Waals surface area contributed by atoms with E-state index in [1.165, 1.54) is 0 Å². The molecule has 0 spiro atoms. The topological polar surface area (TPSA) is 141 Å². The maximum absolute atomic E-state index is 11.5. The molecule has 1 aromatic heterocycles. The van der Waals surface area contributed by atoms with Crippen LogP contribution >= 0.6 is 7.75 Å². The number of carbonyl (C=O) groups is 1. The molecule has 2 aromatic rings. The lowest BCUT2D eigenvalue weighted by molar-refractivity contribution is -0.136. The van der Waals surface area contributed by atoms with Gasteiger partial charge in [0.2, 0.25) is 0 Å². The molecule has 0 radical (unpaired) electrons. The molecule has 2 rings (SSSR count). The van der Waals surface area contributed by atoms with Gasteiger partial charge in [-0.2, -0.15) is 0 Å². The van der Waals surface area contributed by atoms with E-state index in [9.17, 15) is 9.36 Å². The third-order valence-corrected chi connectivity index (χ3v) is 3.38. The summed E-state index contributed by atoms with van der Waals surface area (Å²) in [6.45, 7) is 0. The van der Waals surface area contributed by atoms with Crippen LogP contribution in [0.1, 0.15) is 5.56 Å². The molecule has 2 atom stereocenters.